The Labute approximate surface area is 161 Å². The Morgan fingerprint density at radius 3 is 2.70 bits per heavy atom. The van der Waals surface area contributed by atoms with Crippen LogP contribution in [0.5, 0.6) is 5.75 Å². The molecule has 0 bridgehead atoms. The van der Waals surface area contributed by atoms with Gasteiger partial charge in [0.15, 0.2) is 0 Å². The third-order valence-electron chi connectivity index (χ3n) is 5.57. The van der Waals surface area contributed by atoms with Crippen molar-refractivity contribution in [1.82, 2.24) is 5.32 Å². The molecule has 0 aliphatic heterocycles. The smallest absolute Gasteiger partial charge is 0.304 e. The molecule has 6 nitrogen and oxygen atoms in total. The molecule has 1 aromatic carbocycles. The highest BCUT2D eigenvalue weighted by molar-refractivity contribution is 5.76. The van der Waals surface area contributed by atoms with Crippen LogP contribution in [0.1, 0.15) is 69.8 Å². The van der Waals surface area contributed by atoms with Gasteiger partial charge in [-0.25, -0.2) is 0 Å². The number of aromatic hydroxyl groups is 1. The van der Waals surface area contributed by atoms with Crippen molar-refractivity contribution in [1.29, 1.82) is 0 Å². The molecule has 0 radical (unpaired) electrons. The van der Waals surface area contributed by atoms with Crippen molar-refractivity contribution in [2.75, 3.05) is 11.9 Å². The summed E-state index contributed by atoms with van der Waals surface area (Å²) in [6, 6.07) is 5.18. The van der Waals surface area contributed by atoms with Crippen LogP contribution in [0.15, 0.2) is 18.2 Å². The SMILES string of the molecule is CC(CCC1CCCCC1)NCC(CC(=O)O)c1ccc(O)c(NC=O)c1. The maximum absolute atomic E-state index is 11.3. The average molecular weight is 376 g/mol. The zero-order valence-electron chi connectivity index (χ0n) is 16.1. The van der Waals surface area contributed by atoms with E-state index in [0.29, 0.717) is 24.7 Å². The van der Waals surface area contributed by atoms with Crippen molar-refractivity contribution in [3.63, 3.8) is 0 Å². The Morgan fingerprint density at radius 2 is 2.04 bits per heavy atom. The molecule has 1 fully saturated rings. The quantitative estimate of drug-likeness (QED) is 0.347. The second-order valence-corrected chi connectivity index (χ2v) is 7.72. The van der Waals surface area contributed by atoms with Crippen LogP contribution >= 0.6 is 0 Å². The molecular weight excluding hydrogens is 344 g/mol. The number of hydrogen-bond donors (Lipinski definition) is 4. The second kappa shape index (κ2) is 10.9. The summed E-state index contributed by atoms with van der Waals surface area (Å²) >= 11 is 0. The highest BCUT2D eigenvalue weighted by Crippen LogP contribution is 2.30. The van der Waals surface area contributed by atoms with Crippen molar-refractivity contribution in [2.24, 2.45) is 5.92 Å². The van der Waals surface area contributed by atoms with E-state index in [1.54, 1.807) is 12.1 Å². The first kappa shape index (κ1) is 21.2. The minimum atomic E-state index is -0.866. The standard InChI is InChI=1S/C21H32N2O4/c1-15(7-8-16-5-3-2-4-6-16)22-13-18(12-21(26)27)17-9-10-20(25)19(11-17)23-14-24/h9-11,14-16,18,22,25H,2-8,12-13H2,1H3,(H,23,24)(H,26,27). The predicted octanol–water partition coefficient (Wildman–Crippen LogP) is 3.86. The van der Waals surface area contributed by atoms with Gasteiger partial charge in [-0.1, -0.05) is 38.2 Å². The number of carbonyl (C=O) groups excluding carboxylic acids is 1. The third kappa shape index (κ3) is 7.21. The number of carboxylic acid groups (broad SMARTS) is 1. The van der Waals surface area contributed by atoms with E-state index < -0.39 is 5.97 Å². The summed E-state index contributed by atoms with van der Waals surface area (Å²) in [5, 5.41) is 25.0. The number of hydrogen-bond acceptors (Lipinski definition) is 4. The Hall–Kier alpha value is -2.08. The van der Waals surface area contributed by atoms with E-state index in [4.69, 9.17) is 0 Å². The average Bonchev–Trinajstić information content (AvgIpc) is 2.66. The van der Waals surface area contributed by atoms with Gasteiger partial charge in [-0.3, -0.25) is 9.59 Å². The number of rotatable bonds is 11. The molecule has 1 amide bonds. The van der Waals surface area contributed by atoms with Crippen molar-refractivity contribution < 1.29 is 19.8 Å². The number of nitrogens with one attached hydrogen (secondary N) is 2. The molecule has 150 valence electrons. The molecular formula is C21H32N2O4. The summed E-state index contributed by atoms with van der Waals surface area (Å²) in [5.41, 5.74) is 1.08. The maximum atomic E-state index is 11.3. The minimum Gasteiger partial charge on any atom is -0.506 e. The van der Waals surface area contributed by atoms with Crippen LogP contribution in [0.4, 0.5) is 5.69 Å². The Bertz CT molecular complexity index is 614. The lowest BCUT2D eigenvalue weighted by atomic mass is 9.85. The van der Waals surface area contributed by atoms with Crippen molar-refractivity contribution in [3.05, 3.63) is 23.8 Å². The lowest BCUT2D eigenvalue weighted by Crippen LogP contribution is -2.31. The molecule has 0 aromatic heterocycles. The van der Waals surface area contributed by atoms with Crippen LogP contribution in [-0.4, -0.2) is 35.2 Å². The van der Waals surface area contributed by atoms with Gasteiger partial charge in [0, 0.05) is 18.5 Å². The van der Waals surface area contributed by atoms with E-state index in [2.05, 4.69) is 17.6 Å². The number of amides is 1. The summed E-state index contributed by atoms with van der Waals surface area (Å²) in [7, 11) is 0. The highest BCUT2D eigenvalue weighted by Gasteiger charge is 2.19. The molecule has 2 rings (SSSR count). The van der Waals surface area contributed by atoms with E-state index >= 15 is 0 Å². The van der Waals surface area contributed by atoms with Gasteiger partial charge in [0.05, 0.1) is 12.1 Å². The monoisotopic (exact) mass is 376 g/mol. The fraction of sp³-hybridized carbons (Fsp3) is 0.619. The van der Waals surface area contributed by atoms with Gasteiger partial charge in [0.25, 0.3) is 0 Å². The summed E-state index contributed by atoms with van der Waals surface area (Å²) in [4.78, 5) is 22.0. The zero-order valence-corrected chi connectivity index (χ0v) is 16.1. The van der Waals surface area contributed by atoms with Crippen LogP contribution in [0, 0.1) is 5.92 Å². The van der Waals surface area contributed by atoms with Crippen molar-refractivity contribution in [2.45, 2.75) is 70.3 Å². The molecule has 0 heterocycles. The molecule has 2 unspecified atom stereocenters. The highest BCUT2D eigenvalue weighted by atomic mass is 16.4. The van der Waals surface area contributed by atoms with Crippen LogP contribution in [0.2, 0.25) is 0 Å². The van der Waals surface area contributed by atoms with Crippen molar-refractivity contribution >= 4 is 18.1 Å². The van der Waals surface area contributed by atoms with Crippen molar-refractivity contribution in [3.8, 4) is 5.75 Å². The van der Waals surface area contributed by atoms with Gasteiger partial charge in [-0.05, 0) is 43.4 Å². The molecule has 0 saturated heterocycles. The number of anilines is 1. The molecule has 1 aromatic rings. The predicted molar refractivity (Wildman–Crippen MR) is 106 cm³/mol. The molecule has 0 spiro atoms. The zero-order chi connectivity index (χ0) is 19.6. The molecule has 6 heteroatoms. The van der Waals surface area contributed by atoms with E-state index in [9.17, 15) is 19.8 Å². The number of phenolic OH excluding ortho intramolecular Hbond substituents is 1. The first-order valence-corrected chi connectivity index (χ1v) is 9.98. The fourth-order valence-corrected chi connectivity index (χ4v) is 3.91. The van der Waals surface area contributed by atoms with E-state index in [1.807, 2.05) is 0 Å². The summed E-state index contributed by atoms with van der Waals surface area (Å²) in [6.07, 6.45) is 9.57. The normalized spacial score (nSPS) is 17.2. The van der Waals surface area contributed by atoms with Gasteiger partial charge < -0.3 is 20.8 Å². The van der Waals surface area contributed by atoms with Crippen LogP contribution in [0.25, 0.3) is 0 Å². The number of benzene rings is 1. The molecule has 1 saturated carbocycles. The summed E-state index contributed by atoms with van der Waals surface area (Å²) < 4.78 is 0. The Kier molecular flexibility index (Phi) is 8.58. The van der Waals surface area contributed by atoms with Gasteiger partial charge in [0.2, 0.25) is 6.41 Å². The van der Waals surface area contributed by atoms with E-state index in [-0.39, 0.29) is 18.1 Å². The number of carbonyl (C=O) groups is 2. The first-order valence-electron chi connectivity index (χ1n) is 9.98. The Morgan fingerprint density at radius 1 is 1.30 bits per heavy atom. The van der Waals surface area contributed by atoms with Gasteiger partial charge in [0.1, 0.15) is 5.75 Å². The Balaban J connectivity index is 1.92. The molecule has 1 aliphatic carbocycles. The van der Waals surface area contributed by atoms with Crippen LogP contribution in [0.3, 0.4) is 0 Å². The topological polar surface area (TPSA) is 98.7 Å². The molecule has 1 aliphatic rings. The van der Waals surface area contributed by atoms with Gasteiger partial charge in [-0.15, -0.1) is 0 Å². The van der Waals surface area contributed by atoms with Crippen LogP contribution in [-0.2, 0) is 9.59 Å². The third-order valence-corrected chi connectivity index (χ3v) is 5.57. The molecule has 27 heavy (non-hydrogen) atoms. The molecule has 4 N–H and O–H groups in total. The maximum Gasteiger partial charge on any atom is 0.304 e. The summed E-state index contributed by atoms with van der Waals surface area (Å²) in [6.45, 7) is 2.69. The van der Waals surface area contributed by atoms with E-state index in [0.717, 1.165) is 17.9 Å². The number of carboxylic acids is 1. The van der Waals surface area contributed by atoms with Gasteiger partial charge in [-0.2, -0.15) is 0 Å². The first-order chi connectivity index (χ1) is 13.0. The summed E-state index contributed by atoms with van der Waals surface area (Å²) in [5.74, 6) is -0.289. The van der Waals surface area contributed by atoms with E-state index in [1.165, 1.54) is 44.6 Å². The number of aliphatic carboxylic acids is 1. The van der Waals surface area contributed by atoms with Gasteiger partial charge >= 0.3 is 5.97 Å². The molecule has 2 atom stereocenters. The fourth-order valence-electron chi connectivity index (χ4n) is 3.91. The second-order valence-electron chi connectivity index (χ2n) is 7.72. The van der Waals surface area contributed by atoms with Crippen LogP contribution < -0.4 is 10.6 Å². The largest absolute Gasteiger partial charge is 0.506 e. The minimum absolute atomic E-state index is 0.00630. The number of phenols is 1. The lowest BCUT2D eigenvalue weighted by Gasteiger charge is -2.24. The lowest BCUT2D eigenvalue weighted by molar-refractivity contribution is -0.137.